The number of imidazole rings is 1. The molecule has 1 heterocycles. The molecule has 3 aromatic rings. The molecule has 0 spiro atoms. The van der Waals surface area contributed by atoms with Crippen LogP contribution >= 0.6 is 23.2 Å². The summed E-state index contributed by atoms with van der Waals surface area (Å²) >= 11 is 12.1. The van der Waals surface area contributed by atoms with Crippen molar-refractivity contribution in [2.45, 2.75) is 5.88 Å². The fraction of sp³-hybridized carbons (Fsp3) is 0.188. The maximum absolute atomic E-state index is 6.05. The highest BCUT2D eigenvalue weighted by atomic mass is 35.5. The Balaban J connectivity index is 2.18. The van der Waals surface area contributed by atoms with Crippen molar-refractivity contribution in [3.63, 3.8) is 0 Å². The van der Waals surface area contributed by atoms with Crippen LogP contribution in [0.3, 0.4) is 0 Å². The largest absolute Gasteiger partial charge is 0.378 e. The average molecular weight is 320 g/mol. The minimum absolute atomic E-state index is 0.349. The first-order chi connectivity index (χ1) is 10.1. The molecule has 0 amide bonds. The summed E-state index contributed by atoms with van der Waals surface area (Å²) in [5, 5.41) is 0.677. The highest BCUT2D eigenvalue weighted by molar-refractivity contribution is 6.31. The third-order valence-corrected chi connectivity index (χ3v) is 3.90. The van der Waals surface area contributed by atoms with Gasteiger partial charge in [0, 0.05) is 30.5 Å². The second-order valence-corrected chi connectivity index (χ2v) is 5.74. The number of fused-ring (bicyclic) bond motifs is 1. The zero-order valence-electron chi connectivity index (χ0n) is 11.8. The van der Waals surface area contributed by atoms with Crippen molar-refractivity contribution in [1.82, 2.24) is 9.55 Å². The lowest BCUT2D eigenvalue weighted by molar-refractivity contribution is 0.980. The standard InChI is InChI=1S/C16H15Cl2N3/c1-20(2)12-4-6-13(7-5-12)21-15-8-3-11(18)9-14(15)19-16(21)10-17/h3-9H,10H2,1-2H3. The summed E-state index contributed by atoms with van der Waals surface area (Å²) in [7, 11) is 4.04. The molecule has 0 radical (unpaired) electrons. The minimum Gasteiger partial charge on any atom is -0.378 e. The number of hydrogen-bond donors (Lipinski definition) is 0. The Morgan fingerprint density at radius 1 is 1.10 bits per heavy atom. The molecule has 1 aromatic heterocycles. The van der Waals surface area contributed by atoms with Gasteiger partial charge in [0.25, 0.3) is 0 Å². The molecule has 3 rings (SSSR count). The van der Waals surface area contributed by atoms with E-state index in [-0.39, 0.29) is 0 Å². The van der Waals surface area contributed by atoms with E-state index in [1.807, 2.05) is 32.3 Å². The first-order valence-electron chi connectivity index (χ1n) is 6.61. The second-order valence-electron chi connectivity index (χ2n) is 5.04. The zero-order chi connectivity index (χ0) is 15.0. The van der Waals surface area contributed by atoms with Crippen LogP contribution in [0.5, 0.6) is 0 Å². The van der Waals surface area contributed by atoms with E-state index in [0.29, 0.717) is 10.9 Å². The zero-order valence-corrected chi connectivity index (χ0v) is 13.4. The monoisotopic (exact) mass is 319 g/mol. The van der Waals surface area contributed by atoms with E-state index in [1.165, 1.54) is 0 Å². The van der Waals surface area contributed by atoms with Crippen LogP contribution in [0.1, 0.15) is 5.82 Å². The molecule has 0 atom stereocenters. The molecule has 0 aliphatic heterocycles. The van der Waals surface area contributed by atoms with E-state index in [2.05, 4.69) is 38.7 Å². The third-order valence-electron chi connectivity index (χ3n) is 3.43. The summed E-state index contributed by atoms with van der Waals surface area (Å²) in [6, 6.07) is 14.0. The van der Waals surface area contributed by atoms with Gasteiger partial charge in [0.2, 0.25) is 0 Å². The Morgan fingerprint density at radius 3 is 2.43 bits per heavy atom. The van der Waals surface area contributed by atoms with E-state index in [0.717, 1.165) is 28.2 Å². The van der Waals surface area contributed by atoms with Gasteiger partial charge in [0.15, 0.2) is 0 Å². The van der Waals surface area contributed by atoms with Crippen LogP contribution in [-0.2, 0) is 5.88 Å². The Morgan fingerprint density at radius 2 is 1.81 bits per heavy atom. The summed E-state index contributed by atoms with van der Waals surface area (Å²) in [5.41, 5.74) is 4.06. The number of rotatable bonds is 3. The molecule has 2 aromatic carbocycles. The van der Waals surface area contributed by atoms with Crippen LogP contribution < -0.4 is 4.90 Å². The van der Waals surface area contributed by atoms with Gasteiger partial charge >= 0.3 is 0 Å². The van der Waals surface area contributed by atoms with Crippen molar-refractivity contribution in [2.24, 2.45) is 0 Å². The lowest BCUT2D eigenvalue weighted by Gasteiger charge is -2.14. The van der Waals surface area contributed by atoms with E-state index < -0.39 is 0 Å². The number of nitrogens with zero attached hydrogens (tertiary/aromatic N) is 3. The highest BCUT2D eigenvalue weighted by Gasteiger charge is 2.12. The van der Waals surface area contributed by atoms with Crippen LogP contribution in [0, 0.1) is 0 Å². The summed E-state index contributed by atoms with van der Waals surface area (Å²) in [4.78, 5) is 6.63. The van der Waals surface area contributed by atoms with E-state index in [9.17, 15) is 0 Å². The van der Waals surface area contributed by atoms with Crippen LogP contribution in [0.15, 0.2) is 42.5 Å². The van der Waals surface area contributed by atoms with Gasteiger partial charge in [-0.2, -0.15) is 0 Å². The molecular weight excluding hydrogens is 305 g/mol. The molecule has 0 N–H and O–H groups in total. The van der Waals surface area contributed by atoms with Crippen LogP contribution in [0.25, 0.3) is 16.7 Å². The van der Waals surface area contributed by atoms with Crippen molar-refractivity contribution in [1.29, 1.82) is 0 Å². The van der Waals surface area contributed by atoms with Gasteiger partial charge in [-0.15, -0.1) is 11.6 Å². The predicted molar refractivity (Wildman–Crippen MR) is 90.0 cm³/mol. The molecule has 0 saturated carbocycles. The smallest absolute Gasteiger partial charge is 0.129 e. The van der Waals surface area contributed by atoms with Crippen molar-refractivity contribution in [2.75, 3.05) is 19.0 Å². The summed E-state index contributed by atoms with van der Waals surface area (Å²) in [6.45, 7) is 0. The maximum Gasteiger partial charge on any atom is 0.129 e. The molecule has 0 aliphatic rings. The van der Waals surface area contributed by atoms with Gasteiger partial charge in [-0.1, -0.05) is 11.6 Å². The lowest BCUT2D eigenvalue weighted by atomic mass is 10.2. The normalized spacial score (nSPS) is 11.0. The number of halogens is 2. The lowest BCUT2D eigenvalue weighted by Crippen LogP contribution is -2.08. The number of benzene rings is 2. The van der Waals surface area contributed by atoms with Crippen LogP contribution in [0.2, 0.25) is 5.02 Å². The molecule has 0 aliphatic carbocycles. The quantitative estimate of drug-likeness (QED) is 0.663. The SMILES string of the molecule is CN(C)c1ccc(-n2c(CCl)nc3cc(Cl)ccc32)cc1. The highest BCUT2D eigenvalue weighted by Crippen LogP contribution is 2.26. The number of alkyl halides is 1. The predicted octanol–water partition coefficient (Wildman–Crippen LogP) is 4.48. The van der Waals surface area contributed by atoms with Crippen molar-refractivity contribution in [3.8, 4) is 5.69 Å². The summed E-state index contributed by atoms with van der Waals surface area (Å²) < 4.78 is 2.07. The molecule has 0 fully saturated rings. The van der Waals surface area contributed by atoms with Gasteiger partial charge < -0.3 is 4.90 Å². The van der Waals surface area contributed by atoms with E-state index >= 15 is 0 Å². The van der Waals surface area contributed by atoms with Crippen molar-refractivity contribution >= 4 is 39.9 Å². The van der Waals surface area contributed by atoms with Crippen molar-refractivity contribution < 1.29 is 0 Å². The maximum atomic E-state index is 6.05. The average Bonchev–Trinajstić information content (AvgIpc) is 2.84. The van der Waals surface area contributed by atoms with Gasteiger partial charge in [-0.25, -0.2) is 4.98 Å². The second kappa shape index (κ2) is 5.58. The van der Waals surface area contributed by atoms with Crippen LogP contribution in [0.4, 0.5) is 5.69 Å². The Labute approximate surface area is 133 Å². The topological polar surface area (TPSA) is 21.1 Å². The van der Waals surface area contributed by atoms with Gasteiger partial charge in [0.05, 0.1) is 16.9 Å². The molecule has 5 heteroatoms. The fourth-order valence-electron chi connectivity index (χ4n) is 2.38. The van der Waals surface area contributed by atoms with E-state index in [4.69, 9.17) is 23.2 Å². The van der Waals surface area contributed by atoms with Crippen LogP contribution in [-0.4, -0.2) is 23.6 Å². The molecule has 108 valence electrons. The third kappa shape index (κ3) is 2.59. The first-order valence-corrected chi connectivity index (χ1v) is 7.52. The van der Waals surface area contributed by atoms with Gasteiger partial charge in [0.1, 0.15) is 5.82 Å². The molecule has 3 nitrogen and oxygen atoms in total. The Hall–Kier alpha value is -1.71. The summed E-state index contributed by atoms with van der Waals surface area (Å²) in [5.74, 6) is 1.16. The minimum atomic E-state index is 0.349. The molecule has 21 heavy (non-hydrogen) atoms. The first kappa shape index (κ1) is 14.2. The number of aromatic nitrogens is 2. The van der Waals surface area contributed by atoms with Gasteiger partial charge in [-0.05, 0) is 42.5 Å². The molecule has 0 unspecified atom stereocenters. The van der Waals surface area contributed by atoms with Crippen molar-refractivity contribution in [3.05, 3.63) is 53.3 Å². The molecule has 0 bridgehead atoms. The van der Waals surface area contributed by atoms with Gasteiger partial charge in [-0.3, -0.25) is 4.57 Å². The molecular formula is C16H15Cl2N3. The number of hydrogen-bond acceptors (Lipinski definition) is 2. The fourth-order valence-corrected chi connectivity index (χ4v) is 2.73. The summed E-state index contributed by atoms with van der Waals surface area (Å²) in [6.07, 6.45) is 0. The van der Waals surface area contributed by atoms with E-state index in [1.54, 1.807) is 0 Å². The Kier molecular flexibility index (Phi) is 3.79. The Bertz CT molecular complexity index is 776. The molecule has 0 saturated heterocycles. The number of anilines is 1.